The van der Waals surface area contributed by atoms with E-state index in [4.69, 9.17) is 5.73 Å². The van der Waals surface area contributed by atoms with E-state index in [-0.39, 0.29) is 36.3 Å². The Bertz CT molecular complexity index is 651. The smallest absolute Gasteiger partial charge is 0.254 e. The van der Waals surface area contributed by atoms with Gasteiger partial charge in [-0.1, -0.05) is 0 Å². The van der Waals surface area contributed by atoms with Crippen molar-refractivity contribution in [2.24, 2.45) is 11.7 Å². The Kier molecular flexibility index (Phi) is 5.40. The maximum Gasteiger partial charge on any atom is 0.254 e. The van der Waals surface area contributed by atoms with Crippen LogP contribution in [-0.2, 0) is 4.79 Å². The van der Waals surface area contributed by atoms with Crippen LogP contribution in [0.1, 0.15) is 30.6 Å². The van der Waals surface area contributed by atoms with Crippen LogP contribution in [0.4, 0.5) is 11.4 Å². The summed E-state index contributed by atoms with van der Waals surface area (Å²) < 4.78 is 0. The van der Waals surface area contributed by atoms with Crippen molar-refractivity contribution in [3.05, 3.63) is 23.8 Å². The van der Waals surface area contributed by atoms with Gasteiger partial charge in [0.1, 0.15) is 6.04 Å². The molecule has 3 rings (SSSR count). The number of benzene rings is 1. The summed E-state index contributed by atoms with van der Waals surface area (Å²) in [4.78, 5) is 28.6. The Morgan fingerprint density at radius 2 is 2.08 bits per heavy atom. The molecule has 3 unspecified atom stereocenters. The molecule has 2 aliphatic rings. The first-order chi connectivity index (χ1) is 10.9. The quantitative estimate of drug-likeness (QED) is 0.849. The van der Waals surface area contributed by atoms with Gasteiger partial charge in [0.15, 0.2) is 0 Å². The normalized spacial score (nSPS) is 25.8. The third-order valence-electron chi connectivity index (χ3n) is 5.10. The Balaban J connectivity index is 0.00000208. The minimum Gasteiger partial charge on any atom is -0.361 e. The van der Waals surface area contributed by atoms with Gasteiger partial charge in [-0.05, 0) is 50.9 Å². The van der Waals surface area contributed by atoms with Crippen LogP contribution in [0, 0.1) is 5.92 Å². The second kappa shape index (κ2) is 6.99. The molecule has 3 N–H and O–H groups in total. The lowest BCUT2D eigenvalue weighted by Gasteiger charge is -2.33. The van der Waals surface area contributed by atoms with Crippen LogP contribution in [0.5, 0.6) is 0 Å². The number of amides is 2. The number of likely N-dealkylation sites (tertiary alicyclic amines) is 1. The molecule has 1 saturated heterocycles. The number of halogens is 1. The molecule has 132 valence electrons. The van der Waals surface area contributed by atoms with Gasteiger partial charge in [0.05, 0.1) is 11.4 Å². The molecular weight excluding hydrogens is 328 g/mol. The topological polar surface area (TPSA) is 78.7 Å². The number of hydrogen-bond acceptors (Lipinski definition) is 4. The summed E-state index contributed by atoms with van der Waals surface area (Å²) in [5, 5.41) is 2.89. The van der Waals surface area contributed by atoms with Crippen LogP contribution in [0.2, 0.25) is 0 Å². The number of carbonyl (C=O) groups is 2. The number of nitrogens with zero attached hydrogens (tertiary/aromatic N) is 2. The first kappa shape index (κ1) is 18.5. The van der Waals surface area contributed by atoms with E-state index in [9.17, 15) is 9.59 Å². The molecule has 0 aromatic heterocycles. The minimum atomic E-state index is -0.215. The highest BCUT2D eigenvalue weighted by atomic mass is 35.5. The number of likely N-dealkylation sites (N-methyl/N-ethyl adjacent to an activating group) is 1. The summed E-state index contributed by atoms with van der Waals surface area (Å²) in [6.07, 6.45) is 0.949. The molecule has 1 aromatic carbocycles. The van der Waals surface area contributed by atoms with E-state index in [0.717, 1.165) is 12.1 Å². The summed E-state index contributed by atoms with van der Waals surface area (Å²) in [6, 6.07) is 5.50. The van der Waals surface area contributed by atoms with Gasteiger partial charge in [0.25, 0.3) is 5.91 Å². The molecule has 2 aliphatic heterocycles. The summed E-state index contributed by atoms with van der Waals surface area (Å²) in [5.41, 5.74) is 7.98. The number of rotatable bonds is 2. The Morgan fingerprint density at radius 1 is 1.38 bits per heavy atom. The van der Waals surface area contributed by atoms with E-state index in [0.29, 0.717) is 30.3 Å². The first-order valence-electron chi connectivity index (χ1n) is 8.11. The summed E-state index contributed by atoms with van der Waals surface area (Å²) in [6.45, 7) is 5.23. The number of hydrogen-bond donors (Lipinski definition) is 2. The SMILES string of the molecule is CC1CC(CN)CN1C(=O)c1ccc2c(c1)NC(=O)C(C)N2C.Cl. The van der Waals surface area contributed by atoms with Gasteiger partial charge < -0.3 is 20.9 Å². The van der Waals surface area contributed by atoms with Crippen LogP contribution in [0.15, 0.2) is 18.2 Å². The van der Waals surface area contributed by atoms with Crippen molar-refractivity contribution in [3.8, 4) is 0 Å². The monoisotopic (exact) mass is 352 g/mol. The average Bonchev–Trinajstić information content (AvgIpc) is 2.92. The molecule has 6 nitrogen and oxygen atoms in total. The lowest BCUT2D eigenvalue weighted by Crippen LogP contribution is -2.44. The Hall–Kier alpha value is -1.79. The fraction of sp³-hybridized carbons (Fsp3) is 0.529. The van der Waals surface area contributed by atoms with E-state index in [1.54, 1.807) is 6.07 Å². The van der Waals surface area contributed by atoms with E-state index >= 15 is 0 Å². The fourth-order valence-electron chi connectivity index (χ4n) is 3.46. The molecule has 0 aliphatic carbocycles. The molecule has 7 heteroatoms. The summed E-state index contributed by atoms with van der Waals surface area (Å²) in [5.74, 6) is 0.326. The largest absolute Gasteiger partial charge is 0.361 e. The second-order valence-electron chi connectivity index (χ2n) is 6.65. The van der Waals surface area contributed by atoms with Crippen molar-refractivity contribution in [2.75, 3.05) is 30.4 Å². The van der Waals surface area contributed by atoms with E-state index < -0.39 is 0 Å². The molecule has 1 aromatic rings. The number of nitrogens with two attached hydrogens (primary N) is 1. The van der Waals surface area contributed by atoms with E-state index in [1.807, 2.05) is 35.9 Å². The highest BCUT2D eigenvalue weighted by Crippen LogP contribution is 2.33. The number of fused-ring (bicyclic) bond motifs is 1. The Labute approximate surface area is 148 Å². The first-order valence-corrected chi connectivity index (χ1v) is 8.11. The third kappa shape index (κ3) is 3.08. The molecular formula is C17H25ClN4O2. The second-order valence-corrected chi connectivity index (χ2v) is 6.65. The standard InChI is InChI=1S/C17H24N4O2.ClH/c1-10-6-12(8-18)9-21(10)17(23)13-4-5-15-14(7-13)19-16(22)11(2)20(15)3;/h4-5,7,10-12H,6,8-9,18H2,1-3H3,(H,19,22);1H. The number of carbonyl (C=O) groups excluding carboxylic acids is 2. The molecule has 3 atom stereocenters. The van der Waals surface area contributed by atoms with Crippen molar-refractivity contribution in [2.45, 2.75) is 32.4 Å². The molecule has 24 heavy (non-hydrogen) atoms. The lowest BCUT2D eigenvalue weighted by molar-refractivity contribution is -0.117. The van der Waals surface area contributed by atoms with Gasteiger partial charge in [-0.3, -0.25) is 9.59 Å². The minimum absolute atomic E-state index is 0. The fourth-order valence-corrected chi connectivity index (χ4v) is 3.46. The molecule has 0 radical (unpaired) electrons. The van der Waals surface area contributed by atoms with E-state index in [1.165, 1.54) is 0 Å². The predicted octanol–water partition coefficient (Wildman–Crippen LogP) is 1.69. The summed E-state index contributed by atoms with van der Waals surface area (Å²) in [7, 11) is 1.89. The predicted molar refractivity (Wildman–Crippen MR) is 97.8 cm³/mol. The molecule has 2 amide bonds. The van der Waals surface area contributed by atoms with Crippen LogP contribution in [0.3, 0.4) is 0 Å². The zero-order valence-corrected chi connectivity index (χ0v) is 15.1. The third-order valence-corrected chi connectivity index (χ3v) is 5.10. The number of nitrogens with one attached hydrogen (secondary N) is 1. The van der Waals surface area contributed by atoms with Crippen molar-refractivity contribution in [1.29, 1.82) is 0 Å². The van der Waals surface area contributed by atoms with Gasteiger partial charge in [-0.2, -0.15) is 0 Å². The van der Waals surface area contributed by atoms with Crippen LogP contribution in [0.25, 0.3) is 0 Å². The van der Waals surface area contributed by atoms with E-state index in [2.05, 4.69) is 12.2 Å². The molecule has 0 spiro atoms. The molecule has 1 fully saturated rings. The molecule has 0 bridgehead atoms. The lowest BCUT2D eigenvalue weighted by atomic mass is 10.1. The highest BCUT2D eigenvalue weighted by Gasteiger charge is 2.33. The van der Waals surface area contributed by atoms with Gasteiger partial charge >= 0.3 is 0 Å². The van der Waals surface area contributed by atoms with Crippen LogP contribution < -0.4 is 16.0 Å². The van der Waals surface area contributed by atoms with Crippen LogP contribution in [-0.4, -0.2) is 48.9 Å². The summed E-state index contributed by atoms with van der Waals surface area (Å²) >= 11 is 0. The molecule has 0 saturated carbocycles. The zero-order chi connectivity index (χ0) is 16.7. The zero-order valence-electron chi connectivity index (χ0n) is 14.3. The maximum atomic E-state index is 12.8. The average molecular weight is 353 g/mol. The van der Waals surface area contributed by atoms with Crippen molar-refractivity contribution in [3.63, 3.8) is 0 Å². The van der Waals surface area contributed by atoms with Gasteiger partial charge in [0.2, 0.25) is 5.91 Å². The van der Waals surface area contributed by atoms with Gasteiger partial charge in [-0.25, -0.2) is 0 Å². The highest BCUT2D eigenvalue weighted by molar-refractivity contribution is 6.05. The Morgan fingerprint density at radius 3 is 2.71 bits per heavy atom. The van der Waals surface area contributed by atoms with Gasteiger partial charge in [0, 0.05) is 25.2 Å². The van der Waals surface area contributed by atoms with Gasteiger partial charge in [-0.15, -0.1) is 12.4 Å². The van der Waals surface area contributed by atoms with Crippen molar-refractivity contribution < 1.29 is 9.59 Å². The maximum absolute atomic E-state index is 12.8. The van der Waals surface area contributed by atoms with Crippen molar-refractivity contribution in [1.82, 2.24) is 4.90 Å². The van der Waals surface area contributed by atoms with Crippen LogP contribution >= 0.6 is 12.4 Å². The van der Waals surface area contributed by atoms with Crippen molar-refractivity contribution >= 4 is 35.6 Å². The number of anilines is 2. The molecule has 2 heterocycles.